The van der Waals surface area contributed by atoms with Gasteiger partial charge in [0.05, 0.1) is 6.07 Å². The summed E-state index contributed by atoms with van der Waals surface area (Å²) in [6, 6.07) is 3.11. The molecule has 0 aromatic heterocycles. The zero-order chi connectivity index (χ0) is 10.0. The van der Waals surface area contributed by atoms with Gasteiger partial charge in [0.1, 0.15) is 0 Å². The highest BCUT2D eigenvalue weighted by Gasteiger charge is 2.44. The van der Waals surface area contributed by atoms with Crippen LogP contribution in [0.15, 0.2) is 0 Å². The first-order valence-corrected chi connectivity index (χ1v) is 6.56. The van der Waals surface area contributed by atoms with Gasteiger partial charge in [0.2, 0.25) is 0 Å². The molecule has 1 atom stereocenters. The molecule has 1 heterocycles. The van der Waals surface area contributed by atoms with Crippen molar-refractivity contribution in [3.63, 3.8) is 0 Å². The molecule has 0 N–H and O–H groups in total. The Kier molecular flexibility index (Phi) is 3.04. The molecule has 1 saturated carbocycles. The number of nitrogens with zero attached hydrogens (tertiary/aromatic N) is 2. The fraction of sp³-hybridized carbons (Fsp3) is 0.909. The molecule has 0 radical (unpaired) electrons. The molecular weight excluding hydrogens is 192 g/mol. The third kappa shape index (κ3) is 2.24. The van der Waals surface area contributed by atoms with Crippen LogP contribution in [0.5, 0.6) is 0 Å². The Morgan fingerprint density at radius 3 is 2.86 bits per heavy atom. The third-order valence-electron chi connectivity index (χ3n) is 3.52. The average molecular weight is 210 g/mol. The zero-order valence-electron chi connectivity index (χ0n) is 8.83. The van der Waals surface area contributed by atoms with Crippen LogP contribution < -0.4 is 0 Å². The van der Waals surface area contributed by atoms with E-state index in [0.717, 1.165) is 19.0 Å². The quantitative estimate of drug-likeness (QED) is 0.711. The van der Waals surface area contributed by atoms with E-state index in [1.807, 2.05) is 0 Å². The molecule has 2 nitrogen and oxygen atoms in total. The van der Waals surface area contributed by atoms with Crippen LogP contribution in [-0.4, -0.2) is 36.0 Å². The molecule has 2 rings (SSSR count). The van der Waals surface area contributed by atoms with Crippen LogP contribution in [0.2, 0.25) is 0 Å². The van der Waals surface area contributed by atoms with Crippen LogP contribution in [0.1, 0.15) is 25.7 Å². The van der Waals surface area contributed by atoms with Crippen molar-refractivity contribution >= 4 is 11.8 Å². The van der Waals surface area contributed by atoms with Gasteiger partial charge in [-0.1, -0.05) is 0 Å². The lowest BCUT2D eigenvalue weighted by Gasteiger charge is -2.27. The van der Waals surface area contributed by atoms with Crippen molar-refractivity contribution in [2.45, 2.75) is 31.7 Å². The van der Waals surface area contributed by atoms with Crippen LogP contribution in [0.4, 0.5) is 0 Å². The van der Waals surface area contributed by atoms with Crippen LogP contribution >= 0.6 is 11.8 Å². The fourth-order valence-electron chi connectivity index (χ4n) is 2.26. The molecule has 2 aliphatic rings. The first-order chi connectivity index (χ1) is 6.76. The summed E-state index contributed by atoms with van der Waals surface area (Å²) in [4.78, 5) is 2.49. The van der Waals surface area contributed by atoms with Gasteiger partial charge in [-0.25, -0.2) is 0 Å². The summed E-state index contributed by atoms with van der Waals surface area (Å²) in [5, 5.41) is 8.75. The van der Waals surface area contributed by atoms with Gasteiger partial charge >= 0.3 is 0 Å². The van der Waals surface area contributed by atoms with Crippen molar-refractivity contribution in [3.05, 3.63) is 0 Å². The maximum atomic E-state index is 8.75. The molecule has 3 heteroatoms. The van der Waals surface area contributed by atoms with Crippen molar-refractivity contribution in [3.8, 4) is 6.07 Å². The number of hydrogen-bond acceptors (Lipinski definition) is 3. The molecule has 78 valence electrons. The smallest absolute Gasteiger partial charge is 0.0628 e. The van der Waals surface area contributed by atoms with Gasteiger partial charge in [0.15, 0.2) is 0 Å². The first kappa shape index (κ1) is 10.3. The summed E-state index contributed by atoms with van der Waals surface area (Å²) in [5.74, 6) is 2.61. The highest BCUT2D eigenvalue weighted by Crippen LogP contribution is 2.49. The van der Waals surface area contributed by atoms with Crippen molar-refractivity contribution < 1.29 is 0 Å². The lowest BCUT2D eigenvalue weighted by Crippen LogP contribution is -2.36. The normalized spacial score (nSPS) is 29.1. The molecule has 1 aliphatic heterocycles. The molecule has 1 unspecified atom stereocenters. The highest BCUT2D eigenvalue weighted by atomic mass is 32.2. The number of hydrogen-bond donors (Lipinski definition) is 0. The summed E-state index contributed by atoms with van der Waals surface area (Å²) < 4.78 is 0. The van der Waals surface area contributed by atoms with Crippen LogP contribution in [0, 0.1) is 16.7 Å². The molecule has 0 bridgehead atoms. The van der Waals surface area contributed by atoms with Crippen molar-refractivity contribution in [2.75, 3.05) is 25.1 Å². The Balaban J connectivity index is 1.82. The Labute approximate surface area is 90.7 Å². The molecule has 0 amide bonds. The van der Waals surface area contributed by atoms with Crippen LogP contribution in [-0.2, 0) is 0 Å². The predicted molar refractivity (Wildman–Crippen MR) is 60.3 cm³/mol. The SMILES string of the molecule is CN(CC1(CC#N)CC1)C1CCSC1. The lowest BCUT2D eigenvalue weighted by atomic mass is 10.0. The fourth-order valence-corrected chi connectivity index (χ4v) is 3.56. The number of rotatable bonds is 4. The van der Waals surface area contributed by atoms with E-state index < -0.39 is 0 Å². The standard InChI is InChI=1S/C11H18N2S/c1-13(10-2-7-14-8-10)9-11(3-4-11)5-6-12/h10H,2-5,7-9H2,1H3. The number of thioether (sulfide) groups is 1. The van der Waals surface area contributed by atoms with E-state index in [9.17, 15) is 0 Å². The molecule has 14 heavy (non-hydrogen) atoms. The number of nitriles is 1. The van der Waals surface area contributed by atoms with Gasteiger partial charge in [0, 0.05) is 24.8 Å². The van der Waals surface area contributed by atoms with Gasteiger partial charge in [-0.05, 0) is 37.5 Å². The van der Waals surface area contributed by atoms with Crippen molar-refractivity contribution in [1.29, 1.82) is 5.26 Å². The van der Waals surface area contributed by atoms with Gasteiger partial charge in [-0.3, -0.25) is 0 Å². The molecular formula is C11H18N2S. The average Bonchev–Trinajstić information content (AvgIpc) is 2.70. The minimum absolute atomic E-state index is 0.386. The van der Waals surface area contributed by atoms with Crippen molar-refractivity contribution in [2.24, 2.45) is 5.41 Å². The first-order valence-electron chi connectivity index (χ1n) is 5.41. The summed E-state index contributed by atoms with van der Waals surface area (Å²) in [6.07, 6.45) is 4.64. The maximum Gasteiger partial charge on any atom is 0.0628 e. The summed E-state index contributed by atoms with van der Waals surface area (Å²) in [5.41, 5.74) is 0.386. The van der Waals surface area contributed by atoms with E-state index >= 15 is 0 Å². The molecule has 0 aromatic carbocycles. The molecule has 1 aliphatic carbocycles. The minimum atomic E-state index is 0.386. The van der Waals surface area contributed by atoms with Gasteiger partial charge in [-0.15, -0.1) is 0 Å². The van der Waals surface area contributed by atoms with Gasteiger partial charge < -0.3 is 4.90 Å². The largest absolute Gasteiger partial charge is 0.302 e. The Morgan fingerprint density at radius 2 is 2.36 bits per heavy atom. The van der Waals surface area contributed by atoms with E-state index in [1.165, 1.54) is 30.8 Å². The second-order valence-corrected chi connectivity index (χ2v) is 5.92. The molecule has 0 aromatic rings. The van der Waals surface area contributed by atoms with E-state index in [1.54, 1.807) is 0 Å². The summed E-state index contributed by atoms with van der Waals surface area (Å²) in [7, 11) is 2.23. The Bertz CT molecular complexity index is 236. The minimum Gasteiger partial charge on any atom is -0.302 e. The highest BCUT2D eigenvalue weighted by molar-refractivity contribution is 7.99. The summed E-state index contributed by atoms with van der Waals surface area (Å²) in [6.45, 7) is 1.14. The third-order valence-corrected chi connectivity index (χ3v) is 4.67. The van der Waals surface area contributed by atoms with Gasteiger partial charge in [-0.2, -0.15) is 17.0 Å². The Hall–Kier alpha value is -0.200. The lowest BCUT2D eigenvalue weighted by molar-refractivity contribution is 0.212. The second-order valence-electron chi connectivity index (χ2n) is 4.77. The molecule has 1 saturated heterocycles. The molecule has 2 fully saturated rings. The van der Waals surface area contributed by atoms with Crippen LogP contribution in [0.25, 0.3) is 0 Å². The van der Waals surface area contributed by atoms with Gasteiger partial charge in [0.25, 0.3) is 0 Å². The predicted octanol–water partition coefficient (Wildman–Crippen LogP) is 2.12. The van der Waals surface area contributed by atoms with E-state index in [-0.39, 0.29) is 0 Å². The maximum absolute atomic E-state index is 8.75. The monoisotopic (exact) mass is 210 g/mol. The second kappa shape index (κ2) is 4.12. The Morgan fingerprint density at radius 1 is 1.57 bits per heavy atom. The van der Waals surface area contributed by atoms with Crippen molar-refractivity contribution in [1.82, 2.24) is 4.90 Å². The van der Waals surface area contributed by atoms with E-state index in [4.69, 9.17) is 5.26 Å². The molecule has 0 spiro atoms. The summed E-state index contributed by atoms with van der Waals surface area (Å²) >= 11 is 2.06. The topological polar surface area (TPSA) is 27.0 Å². The van der Waals surface area contributed by atoms with Crippen LogP contribution in [0.3, 0.4) is 0 Å². The zero-order valence-corrected chi connectivity index (χ0v) is 9.65. The van der Waals surface area contributed by atoms with E-state index in [0.29, 0.717) is 5.41 Å². The van der Waals surface area contributed by atoms with E-state index in [2.05, 4.69) is 29.8 Å².